The first-order chi connectivity index (χ1) is 16.0. The van der Waals surface area contributed by atoms with Crippen LogP contribution in [0.1, 0.15) is 11.4 Å². The molecule has 2 aromatic heterocycles. The minimum Gasteiger partial charge on any atom is -0.497 e. The number of halogens is 2. The van der Waals surface area contributed by atoms with Crippen LogP contribution in [-0.4, -0.2) is 27.6 Å². The maximum absolute atomic E-state index is 12.7. The van der Waals surface area contributed by atoms with Crippen LogP contribution in [-0.2, 0) is 11.3 Å². The van der Waals surface area contributed by atoms with Gasteiger partial charge in [0, 0.05) is 34.9 Å². The number of imidazole rings is 1. The van der Waals surface area contributed by atoms with Crippen LogP contribution in [0.2, 0.25) is 10.0 Å². The molecule has 8 heteroatoms. The molecule has 1 amide bonds. The Bertz CT molecular complexity index is 1290. The van der Waals surface area contributed by atoms with E-state index in [0.717, 1.165) is 16.9 Å². The Morgan fingerprint density at radius 2 is 1.82 bits per heavy atom. The molecule has 0 spiro atoms. The van der Waals surface area contributed by atoms with Gasteiger partial charge in [0.25, 0.3) is 0 Å². The van der Waals surface area contributed by atoms with Crippen molar-refractivity contribution in [1.82, 2.24) is 14.5 Å². The first kappa shape index (κ1) is 22.6. The number of anilines is 1. The zero-order valence-electron chi connectivity index (χ0n) is 17.7. The summed E-state index contributed by atoms with van der Waals surface area (Å²) >= 11 is 12.4. The molecule has 0 radical (unpaired) electrons. The third-order valence-electron chi connectivity index (χ3n) is 4.83. The summed E-state index contributed by atoms with van der Waals surface area (Å²) in [6.07, 6.45) is 8.82. The van der Waals surface area contributed by atoms with Crippen molar-refractivity contribution in [2.24, 2.45) is 0 Å². The molecule has 4 aromatic rings. The van der Waals surface area contributed by atoms with Crippen molar-refractivity contribution < 1.29 is 9.53 Å². The van der Waals surface area contributed by atoms with E-state index in [2.05, 4.69) is 10.3 Å². The average molecular weight is 479 g/mol. The third-order valence-corrected chi connectivity index (χ3v) is 5.38. The number of aromatic nitrogens is 3. The number of methoxy groups -OCH3 is 1. The Balaban J connectivity index is 1.64. The number of carbonyl (C=O) groups excluding carboxylic acids is 1. The van der Waals surface area contributed by atoms with Gasteiger partial charge in [-0.05, 0) is 54.1 Å². The summed E-state index contributed by atoms with van der Waals surface area (Å²) in [7, 11) is 1.63. The summed E-state index contributed by atoms with van der Waals surface area (Å²) in [6.45, 7) is 0.0722. The standard InChI is InChI=1S/C25H20Cl2N4O2/c1-33-20-6-2-17(3-7-20)4-9-24-30-23(21-8-5-18(26)14-22(21)27)15-31(24)16-25(32)29-19-10-12-28-13-11-19/h2-15H,16H2,1H3,(H,28,29,32)/b9-4+. The number of nitrogens with one attached hydrogen (secondary N) is 1. The highest BCUT2D eigenvalue weighted by Gasteiger charge is 2.14. The lowest BCUT2D eigenvalue weighted by molar-refractivity contribution is -0.116. The Morgan fingerprint density at radius 3 is 2.52 bits per heavy atom. The van der Waals surface area contributed by atoms with Crippen LogP contribution in [0.3, 0.4) is 0 Å². The fourth-order valence-electron chi connectivity index (χ4n) is 3.19. The lowest BCUT2D eigenvalue weighted by Crippen LogP contribution is -2.19. The summed E-state index contributed by atoms with van der Waals surface area (Å²) < 4.78 is 6.98. The van der Waals surface area contributed by atoms with Gasteiger partial charge in [0.1, 0.15) is 18.1 Å². The Labute approximate surface area is 201 Å². The van der Waals surface area contributed by atoms with Gasteiger partial charge in [-0.15, -0.1) is 0 Å². The molecule has 1 N–H and O–H groups in total. The van der Waals surface area contributed by atoms with Crippen LogP contribution in [0, 0.1) is 0 Å². The zero-order valence-corrected chi connectivity index (χ0v) is 19.2. The number of hydrogen-bond donors (Lipinski definition) is 1. The molecule has 0 unspecified atom stereocenters. The fraction of sp³-hybridized carbons (Fsp3) is 0.0800. The molecule has 0 fully saturated rings. The van der Waals surface area contributed by atoms with Gasteiger partial charge in [0.05, 0.1) is 17.8 Å². The smallest absolute Gasteiger partial charge is 0.244 e. The highest BCUT2D eigenvalue weighted by molar-refractivity contribution is 6.36. The van der Waals surface area contributed by atoms with E-state index < -0.39 is 0 Å². The van der Waals surface area contributed by atoms with Gasteiger partial charge in [0.15, 0.2) is 0 Å². The summed E-state index contributed by atoms with van der Waals surface area (Å²) in [4.78, 5) is 21.3. The fourth-order valence-corrected chi connectivity index (χ4v) is 3.70. The number of ether oxygens (including phenoxy) is 1. The minimum absolute atomic E-state index is 0.0722. The van der Waals surface area contributed by atoms with Crippen molar-refractivity contribution in [1.29, 1.82) is 0 Å². The van der Waals surface area contributed by atoms with E-state index in [0.29, 0.717) is 27.3 Å². The molecule has 0 saturated carbocycles. The van der Waals surface area contributed by atoms with E-state index in [1.807, 2.05) is 42.5 Å². The van der Waals surface area contributed by atoms with E-state index in [4.69, 9.17) is 32.9 Å². The van der Waals surface area contributed by atoms with Gasteiger partial charge in [-0.2, -0.15) is 0 Å². The predicted molar refractivity (Wildman–Crippen MR) is 132 cm³/mol. The van der Waals surface area contributed by atoms with Crippen LogP contribution in [0.5, 0.6) is 5.75 Å². The monoisotopic (exact) mass is 478 g/mol. The van der Waals surface area contributed by atoms with Crippen LogP contribution in [0.25, 0.3) is 23.4 Å². The second-order valence-corrected chi connectivity index (χ2v) is 7.97. The SMILES string of the molecule is COc1ccc(/C=C/c2nc(-c3ccc(Cl)cc3Cl)cn2CC(=O)Nc2ccncc2)cc1. The third kappa shape index (κ3) is 5.80. The molecule has 2 aromatic carbocycles. The van der Waals surface area contributed by atoms with Crippen LogP contribution in [0.4, 0.5) is 5.69 Å². The normalized spacial score (nSPS) is 11.0. The highest BCUT2D eigenvalue weighted by Crippen LogP contribution is 2.30. The van der Waals surface area contributed by atoms with Gasteiger partial charge in [-0.1, -0.05) is 41.4 Å². The molecule has 0 atom stereocenters. The predicted octanol–water partition coefficient (Wildman–Crippen LogP) is 6.07. The maximum Gasteiger partial charge on any atom is 0.244 e. The van der Waals surface area contributed by atoms with Gasteiger partial charge in [-0.25, -0.2) is 4.98 Å². The Morgan fingerprint density at radius 1 is 1.06 bits per heavy atom. The van der Waals surface area contributed by atoms with E-state index in [1.165, 1.54) is 0 Å². The number of rotatable bonds is 7. The van der Waals surface area contributed by atoms with Crippen LogP contribution < -0.4 is 10.1 Å². The molecule has 0 bridgehead atoms. The lowest BCUT2D eigenvalue weighted by atomic mass is 10.2. The topological polar surface area (TPSA) is 69.0 Å². The Kier molecular flexibility index (Phi) is 7.07. The van der Waals surface area contributed by atoms with Gasteiger partial charge < -0.3 is 14.6 Å². The Hall–Kier alpha value is -3.61. The number of nitrogens with zero attached hydrogens (tertiary/aromatic N) is 3. The quantitative estimate of drug-likeness (QED) is 0.349. The number of hydrogen-bond acceptors (Lipinski definition) is 4. The molecule has 166 valence electrons. The number of pyridine rings is 1. The summed E-state index contributed by atoms with van der Waals surface area (Å²) in [6, 6.07) is 16.3. The minimum atomic E-state index is -0.188. The average Bonchev–Trinajstić information content (AvgIpc) is 3.20. The van der Waals surface area contributed by atoms with E-state index in [9.17, 15) is 4.79 Å². The van der Waals surface area contributed by atoms with E-state index >= 15 is 0 Å². The van der Waals surface area contributed by atoms with Crippen molar-refractivity contribution in [3.05, 3.63) is 94.6 Å². The van der Waals surface area contributed by atoms with Crippen molar-refractivity contribution in [3.63, 3.8) is 0 Å². The first-order valence-corrected chi connectivity index (χ1v) is 10.8. The highest BCUT2D eigenvalue weighted by atomic mass is 35.5. The number of carbonyl (C=O) groups is 1. The van der Waals surface area contributed by atoms with Crippen molar-refractivity contribution in [2.45, 2.75) is 6.54 Å². The van der Waals surface area contributed by atoms with Gasteiger partial charge in [-0.3, -0.25) is 9.78 Å². The maximum atomic E-state index is 12.7. The number of benzene rings is 2. The second kappa shape index (κ2) is 10.3. The molecule has 0 aliphatic carbocycles. The zero-order chi connectivity index (χ0) is 23.2. The van der Waals surface area contributed by atoms with Crippen LogP contribution >= 0.6 is 23.2 Å². The largest absolute Gasteiger partial charge is 0.497 e. The molecular formula is C25H20Cl2N4O2. The van der Waals surface area contributed by atoms with Gasteiger partial charge >= 0.3 is 0 Å². The molecule has 2 heterocycles. The molecule has 0 saturated heterocycles. The van der Waals surface area contributed by atoms with Gasteiger partial charge in [0.2, 0.25) is 5.91 Å². The second-order valence-electron chi connectivity index (χ2n) is 7.13. The molecule has 4 rings (SSSR count). The van der Waals surface area contributed by atoms with E-state index in [-0.39, 0.29) is 12.5 Å². The van der Waals surface area contributed by atoms with Crippen LogP contribution in [0.15, 0.2) is 73.2 Å². The van der Waals surface area contributed by atoms with E-state index in [1.54, 1.807) is 54.5 Å². The number of amides is 1. The molecule has 0 aliphatic rings. The first-order valence-electron chi connectivity index (χ1n) is 10.1. The van der Waals surface area contributed by atoms with Crippen molar-refractivity contribution >= 4 is 46.9 Å². The molecule has 6 nitrogen and oxygen atoms in total. The van der Waals surface area contributed by atoms with Crippen molar-refractivity contribution in [3.8, 4) is 17.0 Å². The summed E-state index contributed by atoms with van der Waals surface area (Å²) in [5.41, 5.74) is 3.01. The molecule has 0 aliphatic heterocycles. The molecular weight excluding hydrogens is 459 g/mol. The summed E-state index contributed by atoms with van der Waals surface area (Å²) in [5, 5.41) is 3.89. The summed E-state index contributed by atoms with van der Waals surface area (Å²) in [5.74, 6) is 1.20. The lowest BCUT2D eigenvalue weighted by Gasteiger charge is -2.07. The van der Waals surface area contributed by atoms with Crippen molar-refractivity contribution in [2.75, 3.05) is 12.4 Å². The molecule has 33 heavy (non-hydrogen) atoms.